The Morgan fingerprint density at radius 1 is 0.975 bits per heavy atom. The van der Waals surface area contributed by atoms with Crippen molar-refractivity contribution in [1.82, 2.24) is 20.6 Å². The van der Waals surface area contributed by atoms with Crippen LogP contribution in [0, 0.1) is 17.8 Å². The zero-order chi connectivity index (χ0) is 30.1. The van der Waals surface area contributed by atoms with Gasteiger partial charge in [0.05, 0.1) is 7.11 Å². The minimum atomic E-state index is -0.978. The quantitative estimate of drug-likeness (QED) is 0.216. The molecule has 0 aliphatic carbocycles. The van der Waals surface area contributed by atoms with Crippen LogP contribution < -0.4 is 10.6 Å². The molecule has 40 heavy (non-hydrogen) atoms. The maximum Gasteiger partial charge on any atom is 0.268 e. The average Bonchev–Trinajstić information content (AvgIpc) is 2.91. The summed E-state index contributed by atoms with van der Waals surface area (Å²) >= 11 is 0. The minimum absolute atomic E-state index is 0.0866. The molecule has 0 radical (unpaired) electrons. The maximum atomic E-state index is 13.6. The van der Waals surface area contributed by atoms with Crippen LogP contribution >= 0.6 is 0 Å². The first-order valence-corrected chi connectivity index (χ1v) is 15.3. The van der Waals surface area contributed by atoms with Crippen LogP contribution in [-0.2, 0) is 24.0 Å². The first kappa shape index (κ1) is 35.6. The number of nitrogens with zero attached hydrogens (tertiary/aromatic N) is 2. The van der Waals surface area contributed by atoms with E-state index in [1.54, 1.807) is 14.1 Å². The molecular weight excluding hydrogens is 508 g/mol. The summed E-state index contributed by atoms with van der Waals surface area (Å²) in [5, 5.41) is 6.99. The van der Waals surface area contributed by atoms with Crippen molar-refractivity contribution in [3.8, 4) is 0 Å². The van der Waals surface area contributed by atoms with Gasteiger partial charge in [-0.05, 0) is 50.9 Å². The van der Waals surface area contributed by atoms with Gasteiger partial charge in [0.25, 0.3) is 5.91 Å². The number of hydroxylamine groups is 2. The second-order valence-corrected chi connectivity index (χ2v) is 11.8. The second-order valence-electron chi connectivity index (χ2n) is 11.8. The lowest BCUT2D eigenvalue weighted by Crippen LogP contribution is -2.55. The Balaban J connectivity index is 3.29. The Morgan fingerprint density at radius 3 is 2.30 bits per heavy atom. The van der Waals surface area contributed by atoms with Gasteiger partial charge in [0, 0.05) is 33.0 Å². The highest BCUT2D eigenvalue weighted by atomic mass is 16.7. The summed E-state index contributed by atoms with van der Waals surface area (Å²) in [6.45, 7) is 6.20. The minimum Gasteiger partial charge on any atom is -0.349 e. The number of hydrogen-bond donors (Lipinski definition) is 2. The molecule has 0 spiro atoms. The fraction of sp³-hybridized carbons (Fsp3) is 0.806. The smallest absolute Gasteiger partial charge is 0.268 e. The predicted octanol–water partition coefficient (Wildman–Crippen LogP) is 4.61. The van der Waals surface area contributed by atoms with Crippen LogP contribution in [0.3, 0.4) is 0 Å². The Hall–Kier alpha value is -2.42. The van der Waals surface area contributed by atoms with Gasteiger partial charge in [-0.1, -0.05) is 71.4 Å². The first-order valence-electron chi connectivity index (χ1n) is 15.3. The van der Waals surface area contributed by atoms with Crippen molar-refractivity contribution in [2.45, 2.75) is 116 Å². The van der Waals surface area contributed by atoms with Crippen molar-refractivity contribution in [2.75, 3.05) is 28.3 Å². The second kappa shape index (κ2) is 19.6. The maximum absolute atomic E-state index is 13.6. The average molecular weight is 565 g/mol. The molecule has 4 amide bonds. The number of amides is 4. The van der Waals surface area contributed by atoms with Crippen molar-refractivity contribution in [3.05, 3.63) is 12.2 Å². The van der Waals surface area contributed by atoms with Gasteiger partial charge < -0.3 is 15.5 Å². The number of likely N-dealkylation sites (N-methyl/N-ethyl adjacent to an activating group) is 1. The van der Waals surface area contributed by atoms with Gasteiger partial charge in [-0.3, -0.25) is 24.0 Å². The largest absolute Gasteiger partial charge is 0.349 e. The van der Waals surface area contributed by atoms with Crippen molar-refractivity contribution in [3.63, 3.8) is 0 Å². The molecule has 1 rings (SSSR count). The summed E-state index contributed by atoms with van der Waals surface area (Å²) < 4.78 is 0. The van der Waals surface area contributed by atoms with Crippen molar-refractivity contribution < 1.29 is 24.0 Å². The van der Waals surface area contributed by atoms with Crippen LogP contribution in [0.1, 0.15) is 104 Å². The number of carbonyl (C=O) groups is 4. The number of nitrogens with one attached hydrogen (secondary N) is 2. The molecule has 230 valence electrons. The number of allylic oxidation sites excluding steroid dienone is 2. The fourth-order valence-corrected chi connectivity index (χ4v) is 5.18. The number of rotatable bonds is 11. The Bertz CT molecular complexity index is 814. The normalized spacial score (nSPS) is 24.2. The van der Waals surface area contributed by atoms with Gasteiger partial charge in [-0.2, -0.15) is 0 Å². The first-order chi connectivity index (χ1) is 19.0. The Kier molecular flexibility index (Phi) is 17.5. The zero-order valence-corrected chi connectivity index (χ0v) is 26.2. The van der Waals surface area contributed by atoms with Crippen LogP contribution in [0.5, 0.6) is 0 Å². The third-order valence-electron chi connectivity index (χ3n) is 7.64. The lowest BCUT2D eigenvalue weighted by atomic mass is 9.91. The molecule has 0 fully saturated rings. The van der Waals surface area contributed by atoms with E-state index in [0.29, 0.717) is 12.8 Å². The highest BCUT2D eigenvalue weighted by molar-refractivity contribution is 5.92. The van der Waals surface area contributed by atoms with E-state index in [1.807, 2.05) is 19.9 Å². The van der Waals surface area contributed by atoms with Gasteiger partial charge in [0.2, 0.25) is 17.7 Å². The Labute approximate surface area is 242 Å². The van der Waals surface area contributed by atoms with E-state index in [2.05, 4.69) is 23.6 Å². The van der Waals surface area contributed by atoms with Crippen LogP contribution in [0.2, 0.25) is 0 Å². The van der Waals surface area contributed by atoms with Crippen LogP contribution in [0.4, 0.5) is 0 Å². The molecule has 4 atom stereocenters. The summed E-state index contributed by atoms with van der Waals surface area (Å²) in [5.41, 5.74) is 0. The van der Waals surface area contributed by atoms with Gasteiger partial charge in [0.1, 0.15) is 12.1 Å². The Morgan fingerprint density at radius 2 is 1.68 bits per heavy atom. The number of unbranched alkanes of at least 4 members (excludes halogenated alkanes) is 4. The summed E-state index contributed by atoms with van der Waals surface area (Å²) in [6, 6.07) is -1.75. The molecule has 1 aliphatic rings. The predicted molar refractivity (Wildman–Crippen MR) is 159 cm³/mol. The SMILES string of the molecule is CCCCCCCC1CCCC/C=C/CC(C(=O)N(C)C)C[C@H](C(=O)N(C)OC)NC(=O)[C@H](CC(C)C)NC1=O. The molecule has 9 heteroatoms. The lowest BCUT2D eigenvalue weighted by Gasteiger charge is -2.29. The van der Waals surface area contributed by atoms with E-state index in [1.165, 1.54) is 38.3 Å². The van der Waals surface area contributed by atoms with Gasteiger partial charge >= 0.3 is 0 Å². The molecular formula is C31H56N4O5. The summed E-state index contributed by atoms with van der Waals surface area (Å²) in [4.78, 5) is 60.0. The van der Waals surface area contributed by atoms with E-state index in [0.717, 1.165) is 50.0 Å². The topological polar surface area (TPSA) is 108 Å². The summed E-state index contributed by atoms with van der Waals surface area (Å²) in [6.07, 6.45) is 15.2. The summed E-state index contributed by atoms with van der Waals surface area (Å²) in [5.74, 6) is -1.53. The summed E-state index contributed by atoms with van der Waals surface area (Å²) in [7, 11) is 6.24. The molecule has 9 nitrogen and oxygen atoms in total. The zero-order valence-electron chi connectivity index (χ0n) is 26.2. The third-order valence-corrected chi connectivity index (χ3v) is 7.64. The molecule has 0 saturated carbocycles. The van der Waals surface area contributed by atoms with E-state index < -0.39 is 29.8 Å². The van der Waals surface area contributed by atoms with Crippen LogP contribution in [0.15, 0.2) is 12.2 Å². The number of carbonyl (C=O) groups excluding carboxylic acids is 4. The van der Waals surface area contributed by atoms with Crippen LogP contribution in [0.25, 0.3) is 0 Å². The fourth-order valence-electron chi connectivity index (χ4n) is 5.18. The lowest BCUT2D eigenvalue weighted by molar-refractivity contribution is -0.172. The molecule has 2 N–H and O–H groups in total. The van der Waals surface area contributed by atoms with E-state index in [9.17, 15) is 19.2 Å². The van der Waals surface area contributed by atoms with E-state index in [-0.39, 0.29) is 30.1 Å². The van der Waals surface area contributed by atoms with Crippen LogP contribution in [-0.4, -0.2) is 73.9 Å². The van der Waals surface area contributed by atoms with E-state index in [4.69, 9.17) is 4.84 Å². The van der Waals surface area contributed by atoms with Gasteiger partial charge in [-0.25, -0.2) is 5.06 Å². The van der Waals surface area contributed by atoms with Crippen molar-refractivity contribution in [2.24, 2.45) is 17.8 Å². The van der Waals surface area contributed by atoms with Crippen molar-refractivity contribution >= 4 is 23.6 Å². The molecule has 0 aromatic carbocycles. The van der Waals surface area contributed by atoms with Crippen molar-refractivity contribution in [1.29, 1.82) is 0 Å². The molecule has 0 saturated heterocycles. The molecule has 0 aromatic heterocycles. The molecule has 0 aromatic rings. The number of hydrogen-bond acceptors (Lipinski definition) is 5. The highest BCUT2D eigenvalue weighted by Gasteiger charge is 2.34. The highest BCUT2D eigenvalue weighted by Crippen LogP contribution is 2.22. The molecule has 2 unspecified atom stereocenters. The third kappa shape index (κ3) is 13.3. The monoisotopic (exact) mass is 564 g/mol. The van der Waals surface area contributed by atoms with E-state index >= 15 is 0 Å². The molecule has 1 heterocycles. The van der Waals surface area contributed by atoms with Gasteiger partial charge in [-0.15, -0.1) is 0 Å². The molecule has 0 bridgehead atoms. The van der Waals surface area contributed by atoms with Gasteiger partial charge in [0.15, 0.2) is 0 Å². The standard InChI is InChI=1S/C31H56N4O5/c1-8-9-10-12-15-18-24-19-16-13-11-14-17-20-25(30(38)34(4)5)22-27(31(39)35(6)40-7)33-29(37)26(21-23(2)3)32-28(24)36/h14,17,23-27H,8-13,15-16,18-22H2,1-7H3,(H,32,36)(H,33,37)/b17-14+/t24?,25?,26-,27+/m0/s1. The molecule has 1 aliphatic heterocycles.